The van der Waals surface area contributed by atoms with E-state index in [1.165, 1.54) is 27.8 Å². The molecule has 1 fully saturated rings. The van der Waals surface area contributed by atoms with E-state index in [2.05, 4.69) is 47.6 Å². The molecule has 2 unspecified atom stereocenters. The number of hydrogen-bond donors (Lipinski definition) is 0. The van der Waals surface area contributed by atoms with Crippen LogP contribution in [0, 0.1) is 12.8 Å². The molecule has 2 atom stereocenters. The highest BCUT2D eigenvalue weighted by Gasteiger charge is 2.32. The third-order valence-corrected chi connectivity index (χ3v) is 7.36. The number of ether oxygens (including phenoxy) is 2. The number of halogens is 1. The third kappa shape index (κ3) is 6.42. The number of rotatable bonds is 7. The Labute approximate surface area is 211 Å². The van der Waals surface area contributed by atoms with Crippen molar-refractivity contribution >= 4 is 17.2 Å². The lowest BCUT2D eigenvalue weighted by molar-refractivity contribution is 0.0190. The Balaban J connectivity index is 0.00000158. The number of hydrogen-bond acceptors (Lipinski definition) is 4. The van der Waals surface area contributed by atoms with Crippen LogP contribution in [0.5, 0.6) is 5.75 Å². The van der Waals surface area contributed by atoms with Crippen molar-refractivity contribution in [3.05, 3.63) is 70.3 Å². The Morgan fingerprint density at radius 1 is 1.03 bits per heavy atom. The smallest absolute Gasteiger partial charge is 0.122 e. The standard InChI is InChI=1S/C27H35ClN2O2.C2H6/c1-19-15-25-20(2)24(10-7-22(25)16-26(19)31-3)27(32-4)18-30-13-11-29(12-14-30)17-21-5-8-23(28)9-6-21;1-2/h5-6,8-9,15-16,24,27H,2,7,10-14,17-18H2,1,3-4H3;1-2H3. The van der Waals surface area contributed by atoms with Crippen LogP contribution < -0.4 is 4.74 Å². The molecule has 0 spiro atoms. The predicted molar refractivity (Wildman–Crippen MR) is 144 cm³/mol. The molecule has 186 valence electrons. The zero-order valence-electron chi connectivity index (χ0n) is 21.6. The summed E-state index contributed by atoms with van der Waals surface area (Å²) in [5.41, 5.74) is 6.33. The summed E-state index contributed by atoms with van der Waals surface area (Å²) in [5.74, 6) is 1.32. The Morgan fingerprint density at radius 2 is 1.68 bits per heavy atom. The molecule has 4 rings (SSSR count). The molecule has 2 aromatic carbocycles. The lowest BCUT2D eigenvalue weighted by Crippen LogP contribution is -2.49. The van der Waals surface area contributed by atoms with Gasteiger partial charge in [-0.15, -0.1) is 0 Å². The fourth-order valence-corrected chi connectivity index (χ4v) is 5.28. The van der Waals surface area contributed by atoms with Gasteiger partial charge in [-0.3, -0.25) is 9.80 Å². The Kier molecular flexibility index (Phi) is 10.0. The van der Waals surface area contributed by atoms with Crippen molar-refractivity contribution in [3.8, 4) is 5.75 Å². The summed E-state index contributed by atoms with van der Waals surface area (Å²) < 4.78 is 11.6. The summed E-state index contributed by atoms with van der Waals surface area (Å²) in [5, 5.41) is 0.797. The first-order valence-electron chi connectivity index (χ1n) is 12.6. The van der Waals surface area contributed by atoms with Crippen LogP contribution in [-0.2, 0) is 17.7 Å². The minimum Gasteiger partial charge on any atom is -0.496 e. The van der Waals surface area contributed by atoms with Crippen LogP contribution in [0.15, 0.2) is 43.0 Å². The number of nitrogens with zero attached hydrogens (tertiary/aromatic N) is 2. The van der Waals surface area contributed by atoms with E-state index in [1.807, 2.05) is 33.1 Å². The summed E-state index contributed by atoms with van der Waals surface area (Å²) in [4.78, 5) is 5.07. The number of methoxy groups -OCH3 is 2. The van der Waals surface area contributed by atoms with Gasteiger partial charge in [-0.1, -0.05) is 44.2 Å². The van der Waals surface area contributed by atoms with Gasteiger partial charge in [-0.25, -0.2) is 0 Å². The van der Waals surface area contributed by atoms with Crippen molar-refractivity contribution in [1.82, 2.24) is 9.80 Å². The van der Waals surface area contributed by atoms with Gasteiger partial charge in [0.25, 0.3) is 0 Å². The number of fused-ring (bicyclic) bond motifs is 1. The van der Waals surface area contributed by atoms with E-state index in [-0.39, 0.29) is 6.10 Å². The molecule has 0 saturated carbocycles. The lowest BCUT2D eigenvalue weighted by atomic mass is 9.76. The van der Waals surface area contributed by atoms with Crippen molar-refractivity contribution in [3.63, 3.8) is 0 Å². The summed E-state index contributed by atoms with van der Waals surface area (Å²) in [6.07, 6.45) is 2.29. The largest absolute Gasteiger partial charge is 0.496 e. The minimum absolute atomic E-state index is 0.167. The third-order valence-electron chi connectivity index (χ3n) is 7.11. The van der Waals surface area contributed by atoms with Gasteiger partial charge in [0.1, 0.15) is 5.75 Å². The summed E-state index contributed by atoms with van der Waals surface area (Å²) >= 11 is 6.02. The summed E-state index contributed by atoms with van der Waals surface area (Å²) in [6, 6.07) is 12.6. The molecule has 34 heavy (non-hydrogen) atoms. The average Bonchev–Trinajstić information content (AvgIpc) is 2.87. The maximum atomic E-state index is 6.03. The molecule has 0 bridgehead atoms. The molecule has 2 aromatic rings. The Hall–Kier alpha value is -1.85. The van der Waals surface area contributed by atoms with E-state index < -0.39 is 0 Å². The Bertz CT molecular complexity index is 936. The monoisotopic (exact) mass is 484 g/mol. The second-order valence-electron chi connectivity index (χ2n) is 9.13. The van der Waals surface area contributed by atoms with Gasteiger partial charge >= 0.3 is 0 Å². The first-order valence-corrected chi connectivity index (χ1v) is 12.9. The van der Waals surface area contributed by atoms with Crippen molar-refractivity contribution in [2.24, 2.45) is 5.92 Å². The van der Waals surface area contributed by atoms with E-state index in [0.29, 0.717) is 5.92 Å². The maximum Gasteiger partial charge on any atom is 0.122 e. The highest BCUT2D eigenvalue weighted by molar-refractivity contribution is 6.30. The van der Waals surface area contributed by atoms with Gasteiger partial charge in [-0.05, 0) is 71.9 Å². The molecular weight excluding hydrogens is 444 g/mol. The van der Waals surface area contributed by atoms with Gasteiger partial charge in [0.2, 0.25) is 0 Å². The average molecular weight is 485 g/mol. The van der Waals surface area contributed by atoms with E-state index in [4.69, 9.17) is 21.1 Å². The zero-order chi connectivity index (χ0) is 24.7. The normalized spacial score (nSPS) is 19.7. The van der Waals surface area contributed by atoms with Crippen LogP contribution in [0.25, 0.3) is 5.57 Å². The van der Waals surface area contributed by atoms with Crippen LogP contribution in [-0.4, -0.2) is 62.8 Å². The van der Waals surface area contributed by atoms with Crippen molar-refractivity contribution in [2.45, 2.75) is 46.3 Å². The molecule has 1 aliphatic heterocycles. The van der Waals surface area contributed by atoms with Crippen molar-refractivity contribution < 1.29 is 9.47 Å². The first kappa shape index (κ1) is 26.7. The fraction of sp³-hybridized carbons (Fsp3) is 0.517. The molecule has 4 nitrogen and oxygen atoms in total. The maximum absolute atomic E-state index is 6.03. The second-order valence-corrected chi connectivity index (χ2v) is 9.56. The van der Waals surface area contributed by atoms with Gasteiger partial charge in [0.05, 0.1) is 13.2 Å². The zero-order valence-corrected chi connectivity index (χ0v) is 22.3. The van der Waals surface area contributed by atoms with Crippen LogP contribution in [0.2, 0.25) is 5.02 Å². The van der Waals surface area contributed by atoms with Crippen LogP contribution >= 0.6 is 11.6 Å². The molecule has 5 heteroatoms. The van der Waals surface area contributed by atoms with E-state index >= 15 is 0 Å². The molecule has 1 aliphatic carbocycles. The van der Waals surface area contributed by atoms with Crippen molar-refractivity contribution in [1.29, 1.82) is 0 Å². The van der Waals surface area contributed by atoms with Crippen LogP contribution in [0.1, 0.15) is 42.5 Å². The van der Waals surface area contributed by atoms with E-state index in [0.717, 1.165) is 62.9 Å². The fourth-order valence-electron chi connectivity index (χ4n) is 5.15. The number of benzene rings is 2. The van der Waals surface area contributed by atoms with Crippen LogP contribution in [0.4, 0.5) is 0 Å². The van der Waals surface area contributed by atoms with Crippen LogP contribution in [0.3, 0.4) is 0 Å². The highest BCUT2D eigenvalue weighted by Crippen LogP contribution is 2.40. The molecule has 0 aromatic heterocycles. The molecule has 0 amide bonds. The summed E-state index contributed by atoms with van der Waals surface area (Å²) in [7, 11) is 3.59. The number of piperazine rings is 1. The predicted octanol–water partition coefficient (Wildman–Crippen LogP) is 6.09. The molecule has 1 heterocycles. The van der Waals surface area contributed by atoms with Gasteiger partial charge < -0.3 is 9.47 Å². The lowest BCUT2D eigenvalue weighted by Gasteiger charge is -2.39. The Morgan fingerprint density at radius 3 is 2.29 bits per heavy atom. The van der Waals surface area contributed by atoms with E-state index in [1.54, 1.807) is 7.11 Å². The van der Waals surface area contributed by atoms with E-state index in [9.17, 15) is 0 Å². The number of aryl methyl sites for hydroxylation is 2. The van der Waals surface area contributed by atoms with Gasteiger partial charge in [-0.2, -0.15) is 0 Å². The second kappa shape index (κ2) is 12.7. The molecule has 0 radical (unpaired) electrons. The quantitative estimate of drug-likeness (QED) is 0.474. The molecular formula is C29H41ClN2O2. The van der Waals surface area contributed by atoms with Gasteiger partial charge in [0.15, 0.2) is 0 Å². The minimum atomic E-state index is 0.167. The molecule has 1 saturated heterocycles. The SMILES string of the molecule is C=C1c2cc(C)c(OC)cc2CCC1C(CN1CCN(Cc2ccc(Cl)cc2)CC1)OC.CC. The van der Waals surface area contributed by atoms with Gasteiger partial charge in [0, 0.05) is 57.3 Å². The first-order chi connectivity index (χ1) is 16.5. The topological polar surface area (TPSA) is 24.9 Å². The summed E-state index contributed by atoms with van der Waals surface area (Å²) in [6.45, 7) is 16.8. The van der Waals surface area contributed by atoms with Crippen molar-refractivity contribution in [2.75, 3.05) is 46.9 Å². The molecule has 0 N–H and O–H groups in total. The molecule has 2 aliphatic rings. The highest BCUT2D eigenvalue weighted by atomic mass is 35.5.